The van der Waals surface area contributed by atoms with Crippen LogP contribution in [0.25, 0.3) is 0 Å². The highest BCUT2D eigenvalue weighted by Crippen LogP contribution is 2.21. The Balaban J connectivity index is 1.41. The minimum Gasteiger partial charge on any atom is -0.337 e. The predicted octanol–water partition coefficient (Wildman–Crippen LogP) is 3.16. The van der Waals surface area contributed by atoms with Crippen molar-refractivity contribution in [2.75, 3.05) is 38.5 Å². The molecular weight excluding hydrogens is 456 g/mol. The fourth-order valence-corrected chi connectivity index (χ4v) is 5.77. The van der Waals surface area contributed by atoms with Gasteiger partial charge in [0.15, 0.2) is 0 Å². The molecule has 0 spiro atoms. The Morgan fingerprint density at radius 1 is 1.13 bits per heavy atom. The molecule has 0 aromatic heterocycles. The molecule has 0 unspecified atom stereocenters. The van der Waals surface area contributed by atoms with Gasteiger partial charge in [-0.1, -0.05) is 35.9 Å². The molecule has 0 saturated carbocycles. The van der Waals surface area contributed by atoms with Gasteiger partial charge in [0.2, 0.25) is 10.0 Å². The molecule has 0 aliphatic carbocycles. The summed E-state index contributed by atoms with van der Waals surface area (Å²) < 4.78 is 26.9. The molecule has 1 aliphatic rings. The van der Waals surface area contributed by atoms with Crippen LogP contribution in [0.2, 0.25) is 5.02 Å². The first-order valence-corrected chi connectivity index (χ1v) is 12.7. The van der Waals surface area contributed by atoms with Crippen LogP contribution in [0, 0.1) is 11.3 Å². The van der Waals surface area contributed by atoms with Crippen LogP contribution in [0.4, 0.5) is 4.79 Å². The van der Waals surface area contributed by atoms with Crippen molar-refractivity contribution in [1.82, 2.24) is 14.5 Å². The second-order valence-corrected chi connectivity index (χ2v) is 10.4. The van der Waals surface area contributed by atoms with Gasteiger partial charge in [-0.3, -0.25) is 0 Å². The number of urea groups is 1. The van der Waals surface area contributed by atoms with E-state index in [1.807, 2.05) is 18.2 Å². The molecule has 2 amide bonds. The molecule has 31 heavy (non-hydrogen) atoms. The quantitative estimate of drug-likeness (QED) is 0.617. The van der Waals surface area contributed by atoms with Crippen LogP contribution in [-0.4, -0.2) is 62.1 Å². The summed E-state index contributed by atoms with van der Waals surface area (Å²) in [7, 11) is -3.63. The van der Waals surface area contributed by atoms with E-state index in [-0.39, 0.29) is 24.0 Å². The number of benzene rings is 2. The Bertz CT molecular complexity index is 1060. The maximum atomic E-state index is 12.7. The van der Waals surface area contributed by atoms with E-state index >= 15 is 0 Å². The highest BCUT2D eigenvalue weighted by Gasteiger charge is 2.30. The smallest absolute Gasteiger partial charge is 0.317 e. The number of amides is 2. The number of rotatable bonds is 7. The van der Waals surface area contributed by atoms with Crippen molar-refractivity contribution in [2.24, 2.45) is 0 Å². The van der Waals surface area contributed by atoms with E-state index in [4.69, 9.17) is 16.9 Å². The van der Waals surface area contributed by atoms with E-state index in [1.54, 1.807) is 34.9 Å². The lowest BCUT2D eigenvalue weighted by Crippen LogP contribution is -2.53. The van der Waals surface area contributed by atoms with Crippen LogP contribution in [0.15, 0.2) is 53.4 Å². The second-order valence-electron chi connectivity index (χ2n) is 6.90. The number of hydrogen-bond donors (Lipinski definition) is 1. The third kappa shape index (κ3) is 6.14. The van der Waals surface area contributed by atoms with Gasteiger partial charge in [0, 0.05) is 49.3 Å². The number of nitrogens with one attached hydrogen (secondary N) is 1. The van der Waals surface area contributed by atoms with Crippen LogP contribution < -0.4 is 5.32 Å². The zero-order chi connectivity index (χ0) is 22.3. The Hall–Kier alpha value is -2.25. The Kier molecular flexibility index (Phi) is 8.21. The predicted molar refractivity (Wildman–Crippen MR) is 123 cm³/mol. The van der Waals surface area contributed by atoms with Crippen molar-refractivity contribution in [3.8, 4) is 6.07 Å². The van der Waals surface area contributed by atoms with Crippen LogP contribution in [0.1, 0.15) is 11.1 Å². The van der Waals surface area contributed by atoms with Gasteiger partial charge in [-0.2, -0.15) is 21.3 Å². The van der Waals surface area contributed by atoms with Gasteiger partial charge < -0.3 is 10.2 Å². The lowest BCUT2D eigenvalue weighted by molar-refractivity contribution is 0.173. The summed E-state index contributed by atoms with van der Waals surface area (Å²) in [4.78, 5) is 14.2. The van der Waals surface area contributed by atoms with E-state index in [0.29, 0.717) is 41.7 Å². The molecule has 1 saturated heterocycles. The summed E-state index contributed by atoms with van der Waals surface area (Å²) in [5, 5.41) is 12.4. The average Bonchev–Trinajstić information content (AvgIpc) is 2.79. The topological polar surface area (TPSA) is 93.5 Å². The zero-order valence-corrected chi connectivity index (χ0v) is 19.2. The summed E-state index contributed by atoms with van der Waals surface area (Å²) in [6.07, 6.45) is 0. The molecule has 0 bridgehead atoms. The van der Waals surface area contributed by atoms with Gasteiger partial charge in [0.25, 0.3) is 0 Å². The van der Waals surface area contributed by atoms with Gasteiger partial charge in [-0.25, -0.2) is 13.2 Å². The molecular formula is C21H23ClN4O3S2. The van der Waals surface area contributed by atoms with Gasteiger partial charge in [-0.15, -0.1) is 0 Å². The minimum atomic E-state index is -3.63. The molecule has 1 N–H and O–H groups in total. The number of piperazine rings is 1. The van der Waals surface area contributed by atoms with E-state index in [2.05, 4.69) is 11.4 Å². The maximum absolute atomic E-state index is 12.7. The largest absolute Gasteiger partial charge is 0.337 e. The van der Waals surface area contributed by atoms with Crippen molar-refractivity contribution in [2.45, 2.75) is 10.6 Å². The maximum Gasteiger partial charge on any atom is 0.317 e. The molecule has 2 aromatic rings. The number of halogens is 1. The first-order valence-electron chi connectivity index (χ1n) is 9.76. The standard InChI is InChI=1S/C21H23ClN4O3S2/c22-19-6-3-7-20(14-19)31(28,29)26-11-9-25(10-12-26)21(27)24-8-13-30-16-18-5-2-1-4-17(18)15-23/h1-7,14H,8-13,16H2,(H,24,27). The summed E-state index contributed by atoms with van der Waals surface area (Å²) >= 11 is 7.56. The van der Waals surface area contributed by atoms with Crippen LogP contribution >= 0.6 is 23.4 Å². The summed E-state index contributed by atoms with van der Waals surface area (Å²) in [6, 6.07) is 15.6. The van der Waals surface area contributed by atoms with Gasteiger partial charge in [0.05, 0.1) is 16.5 Å². The Morgan fingerprint density at radius 3 is 2.58 bits per heavy atom. The molecule has 2 aromatic carbocycles. The molecule has 0 atom stereocenters. The molecule has 1 heterocycles. The first kappa shape index (κ1) is 23.4. The Labute approximate surface area is 192 Å². The number of nitriles is 1. The number of carbonyl (C=O) groups excluding carboxylic acids is 1. The van der Waals surface area contributed by atoms with Crippen molar-refractivity contribution in [1.29, 1.82) is 5.26 Å². The molecule has 7 nitrogen and oxygen atoms in total. The van der Waals surface area contributed by atoms with E-state index in [0.717, 1.165) is 5.56 Å². The highest BCUT2D eigenvalue weighted by atomic mass is 35.5. The van der Waals surface area contributed by atoms with E-state index < -0.39 is 10.0 Å². The number of nitrogens with zero attached hydrogens (tertiary/aromatic N) is 3. The van der Waals surface area contributed by atoms with Gasteiger partial charge in [0.1, 0.15) is 0 Å². The third-order valence-corrected chi connectivity index (χ3v) is 8.02. The van der Waals surface area contributed by atoms with Gasteiger partial charge >= 0.3 is 6.03 Å². The molecule has 3 rings (SSSR count). The van der Waals surface area contributed by atoms with Crippen LogP contribution in [0.3, 0.4) is 0 Å². The Morgan fingerprint density at radius 2 is 1.87 bits per heavy atom. The molecule has 1 aliphatic heterocycles. The monoisotopic (exact) mass is 478 g/mol. The molecule has 1 fully saturated rings. The van der Waals surface area contributed by atoms with E-state index in [1.165, 1.54) is 16.4 Å². The normalized spacial score (nSPS) is 14.8. The van der Waals surface area contributed by atoms with Crippen molar-refractivity contribution in [3.05, 3.63) is 64.7 Å². The number of carbonyl (C=O) groups is 1. The van der Waals surface area contributed by atoms with Crippen molar-refractivity contribution >= 4 is 39.4 Å². The SMILES string of the molecule is N#Cc1ccccc1CSCCNC(=O)N1CCN(S(=O)(=O)c2cccc(Cl)c2)CC1. The highest BCUT2D eigenvalue weighted by molar-refractivity contribution is 7.98. The summed E-state index contributed by atoms with van der Waals surface area (Å²) in [5.41, 5.74) is 1.66. The third-order valence-electron chi connectivity index (χ3n) is 4.88. The zero-order valence-electron chi connectivity index (χ0n) is 16.8. The van der Waals surface area contributed by atoms with Crippen LogP contribution in [0.5, 0.6) is 0 Å². The number of hydrogen-bond acceptors (Lipinski definition) is 5. The fraction of sp³-hybridized carbons (Fsp3) is 0.333. The molecule has 10 heteroatoms. The summed E-state index contributed by atoms with van der Waals surface area (Å²) in [6.45, 7) is 1.63. The number of sulfonamides is 1. The second kappa shape index (κ2) is 10.9. The van der Waals surface area contributed by atoms with Crippen molar-refractivity contribution < 1.29 is 13.2 Å². The summed E-state index contributed by atoms with van der Waals surface area (Å²) in [5.74, 6) is 1.42. The lowest BCUT2D eigenvalue weighted by Gasteiger charge is -2.34. The van der Waals surface area contributed by atoms with Gasteiger partial charge in [-0.05, 0) is 29.8 Å². The molecule has 0 radical (unpaired) electrons. The minimum absolute atomic E-state index is 0.160. The van der Waals surface area contributed by atoms with Crippen molar-refractivity contribution in [3.63, 3.8) is 0 Å². The van der Waals surface area contributed by atoms with E-state index in [9.17, 15) is 13.2 Å². The number of thioether (sulfide) groups is 1. The van der Waals surface area contributed by atoms with Crippen LogP contribution in [-0.2, 0) is 15.8 Å². The molecule has 164 valence electrons. The lowest BCUT2D eigenvalue weighted by atomic mass is 10.1. The first-order chi connectivity index (χ1) is 14.9. The fourth-order valence-electron chi connectivity index (χ4n) is 3.19. The average molecular weight is 479 g/mol.